The Morgan fingerprint density at radius 1 is 1.09 bits per heavy atom. The highest BCUT2D eigenvalue weighted by Crippen LogP contribution is 2.33. The summed E-state index contributed by atoms with van der Waals surface area (Å²) in [7, 11) is -3.60. The Morgan fingerprint density at radius 2 is 1.73 bits per heavy atom. The maximum Gasteiger partial charge on any atom is 0.435 e. The van der Waals surface area contributed by atoms with Crippen molar-refractivity contribution < 1.29 is 30.8 Å². The zero-order chi connectivity index (χ0) is 24.2. The first kappa shape index (κ1) is 24.1. The van der Waals surface area contributed by atoms with Crippen LogP contribution < -0.4 is 10.0 Å². The molecule has 0 radical (unpaired) electrons. The third-order valence-corrected chi connectivity index (χ3v) is 5.56. The van der Waals surface area contributed by atoms with Crippen LogP contribution in [0.2, 0.25) is 0 Å². The number of hydrogen-bond donors (Lipinski definition) is 2. The predicted octanol–water partition coefficient (Wildman–Crippen LogP) is 3.28. The zero-order valence-electron chi connectivity index (χ0n) is 16.8. The lowest BCUT2D eigenvalue weighted by molar-refractivity contribution is -0.143. The fourth-order valence-electron chi connectivity index (χ4n) is 2.78. The number of carbonyl (C=O) groups excluding carboxylic acids is 1. The van der Waals surface area contributed by atoms with Crippen molar-refractivity contribution >= 4 is 21.6 Å². The number of hydrogen-bond acceptors (Lipinski definition) is 5. The SMILES string of the molecule is C=CCNS(=O)(=O)Cc1ccc(NC(=O)c2nnn(-c3ccc(F)cc3)c2C(F)(F)F)cc1. The number of benzene rings is 2. The van der Waals surface area contributed by atoms with Crippen LogP contribution in [0.3, 0.4) is 0 Å². The molecule has 13 heteroatoms. The third kappa shape index (κ3) is 6.02. The molecule has 2 aromatic carbocycles. The number of alkyl halides is 3. The second kappa shape index (κ2) is 9.50. The molecule has 8 nitrogen and oxygen atoms in total. The van der Waals surface area contributed by atoms with E-state index in [-0.39, 0.29) is 23.7 Å². The molecule has 0 saturated heterocycles. The van der Waals surface area contributed by atoms with Crippen LogP contribution >= 0.6 is 0 Å². The average Bonchev–Trinajstić information content (AvgIpc) is 3.20. The minimum Gasteiger partial charge on any atom is -0.321 e. The molecule has 1 heterocycles. The number of rotatable bonds is 8. The largest absolute Gasteiger partial charge is 0.435 e. The van der Waals surface area contributed by atoms with E-state index < -0.39 is 39.3 Å². The summed E-state index contributed by atoms with van der Waals surface area (Å²) in [6, 6.07) is 9.53. The second-order valence-electron chi connectivity index (χ2n) is 6.72. The van der Waals surface area contributed by atoms with Gasteiger partial charge < -0.3 is 5.32 Å². The summed E-state index contributed by atoms with van der Waals surface area (Å²) in [5.41, 5.74) is -2.03. The molecule has 3 rings (SSSR count). The Kier molecular flexibility index (Phi) is 6.93. The lowest BCUT2D eigenvalue weighted by atomic mass is 10.2. The minimum atomic E-state index is -4.98. The highest BCUT2D eigenvalue weighted by molar-refractivity contribution is 7.88. The maximum absolute atomic E-state index is 13.7. The Balaban J connectivity index is 1.82. The van der Waals surface area contributed by atoms with Gasteiger partial charge in [0, 0.05) is 12.2 Å². The van der Waals surface area contributed by atoms with E-state index in [2.05, 4.69) is 26.9 Å². The van der Waals surface area contributed by atoms with Gasteiger partial charge in [-0.1, -0.05) is 23.4 Å². The van der Waals surface area contributed by atoms with Crippen LogP contribution in [0.25, 0.3) is 5.69 Å². The first-order valence-electron chi connectivity index (χ1n) is 9.27. The first-order chi connectivity index (χ1) is 15.5. The molecule has 0 aliphatic rings. The van der Waals surface area contributed by atoms with Crippen molar-refractivity contribution in [2.75, 3.05) is 11.9 Å². The fourth-order valence-corrected chi connectivity index (χ4v) is 3.89. The highest BCUT2D eigenvalue weighted by Gasteiger charge is 2.42. The zero-order valence-corrected chi connectivity index (χ0v) is 17.6. The lowest BCUT2D eigenvalue weighted by Crippen LogP contribution is -2.25. The molecule has 174 valence electrons. The van der Waals surface area contributed by atoms with E-state index >= 15 is 0 Å². The standard InChI is InChI=1S/C20H17F4N5O3S/c1-2-11-25-33(31,32)12-13-3-7-15(8-4-13)26-19(30)17-18(20(22,23)24)29(28-27-17)16-9-5-14(21)6-10-16/h2-10,25H,1,11-12H2,(H,26,30). The Bertz CT molecular complexity index is 1250. The molecule has 1 amide bonds. The quantitative estimate of drug-likeness (QED) is 0.378. The van der Waals surface area contributed by atoms with Crippen molar-refractivity contribution in [2.24, 2.45) is 0 Å². The smallest absolute Gasteiger partial charge is 0.321 e. The summed E-state index contributed by atoms with van der Waals surface area (Å²) in [6.07, 6.45) is -3.60. The van der Waals surface area contributed by atoms with Gasteiger partial charge in [-0.2, -0.15) is 13.2 Å². The van der Waals surface area contributed by atoms with Crippen molar-refractivity contribution in [3.63, 3.8) is 0 Å². The molecule has 0 aliphatic carbocycles. The van der Waals surface area contributed by atoms with Crippen LogP contribution in [0.1, 0.15) is 21.7 Å². The van der Waals surface area contributed by atoms with Gasteiger partial charge in [-0.15, -0.1) is 11.7 Å². The number of nitrogens with zero attached hydrogens (tertiary/aromatic N) is 3. The normalized spacial score (nSPS) is 11.9. The minimum absolute atomic E-state index is 0.0661. The van der Waals surface area contributed by atoms with E-state index in [0.29, 0.717) is 10.2 Å². The Hall–Kier alpha value is -3.58. The molecule has 0 atom stereocenters. The van der Waals surface area contributed by atoms with Gasteiger partial charge in [-0.25, -0.2) is 22.2 Å². The molecule has 0 unspecified atom stereocenters. The monoisotopic (exact) mass is 483 g/mol. The third-order valence-electron chi connectivity index (χ3n) is 4.24. The summed E-state index contributed by atoms with van der Waals surface area (Å²) in [6.45, 7) is 3.48. The van der Waals surface area contributed by atoms with Crippen LogP contribution in [0, 0.1) is 5.82 Å². The number of anilines is 1. The lowest BCUT2D eigenvalue weighted by Gasteiger charge is -2.11. The van der Waals surface area contributed by atoms with E-state index in [1.807, 2.05) is 0 Å². The van der Waals surface area contributed by atoms with Crippen LogP contribution in [0.5, 0.6) is 0 Å². The maximum atomic E-state index is 13.7. The van der Waals surface area contributed by atoms with Gasteiger partial charge in [0.15, 0.2) is 11.4 Å². The van der Waals surface area contributed by atoms with E-state index in [0.717, 1.165) is 24.3 Å². The molecule has 0 aliphatic heterocycles. The molecule has 0 bridgehead atoms. The van der Waals surface area contributed by atoms with Gasteiger partial charge >= 0.3 is 6.18 Å². The van der Waals surface area contributed by atoms with Crippen LogP contribution in [-0.4, -0.2) is 35.9 Å². The van der Waals surface area contributed by atoms with Crippen LogP contribution in [-0.2, 0) is 22.0 Å². The Labute approximate surface area is 186 Å². The second-order valence-corrected chi connectivity index (χ2v) is 8.53. The molecule has 0 fully saturated rings. The van der Waals surface area contributed by atoms with Gasteiger partial charge in [0.1, 0.15) is 5.82 Å². The average molecular weight is 483 g/mol. The van der Waals surface area contributed by atoms with E-state index in [4.69, 9.17) is 0 Å². The van der Waals surface area contributed by atoms with Crippen molar-refractivity contribution in [2.45, 2.75) is 11.9 Å². The first-order valence-corrected chi connectivity index (χ1v) is 10.9. The fraction of sp³-hybridized carbons (Fsp3) is 0.150. The van der Waals surface area contributed by atoms with E-state index in [1.54, 1.807) is 0 Å². The van der Waals surface area contributed by atoms with E-state index in [1.165, 1.54) is 30.3 Å². The number of nitrogens with one attached hydrogen (secondary N) is 2. The molecule has 1 aromatic heterocycles. The van der Waals surface area contributed by atoms with Gasteiger partial charge in [0.05, 0.1) is 11.4 Å². The number of carbonyl (C=O) groups is 1. The molecule has 2 N–H and O–H groups in total. The summed E-state index contributed by atoms with van der Waals surface area (Å²) in [5, 5.41) is 9.05. The number of amides is 1. The number of sulfonamides is 1. The van der Waals surface area contributed by atoms with Crippen molar-refractivity contribution in [1.29, 1.82) is 0 Å². The van der Waals surface area contributed by atoms with Gasteiger partial charge in [0.2, 0.25) is 10.0 Å². The summed E-state index contributed by atoms with van der Waals surface area (Å²) < 4.78 is 80.7. The molecular formula is C20H17F4N5O3S. The summed E-state index contributed by atoms with van der Waals surface area (Å²) >= 11 is 0. The topological polar surface area (TPSA) is 106 Å². The van der Waals surface area contributed by atoms with Gasteiger partial charge in [-0.3, -0.25) is 4.79 Å². The molecule has 3 aromatic rings. The number of aromatic nitrogens is 3. The van der Waals surface area contributed by atoms with Crippen LogP contribution in [0.15, 0.2) is 61.2 Å². The van der Waals surface area contributed by atoms with Crippen molar-refractivity contribution in [1.82, 2.24) is 19.7 Å². The summed E-state index contributed by atoms with van der Waals surface area (Å²) in [4.78, 5) is 12.5. The highest BCUT2D eigenvalue weighted by atomic mass is 32.2. The molecule has 0 spiro atoms. The molecule has 0 saturated carbocycles. The number of halogens is 4. The van der Waals surface area contributed by atoms with Crippen molar-refractivity contribution in [3.8, 4) is 5.69 Å². The van der Waals surface area contributed by atoms with Gasteiger partial charge in [-0.05, 0) is 42.0 Å². The van der Waals surface area contributed by atoms with Gasteiger partial charge in [0.25, 0.3) is 5.91 Å². The summed E-state index contributed by atoms with van der Waals surface area (Å²) in [5.74, 6) is -2.17. The van der Waals surface area contributed by atoms with Crippen molar-refractivity contribution in [3.05, 3.63) is 84.0 Å². The molecule has 33 heavy (non-hydrogen) atoms. The van der Waals surface area contributed by atoms with Crippen LogP contribution in [0.4, 0.5) is 23.2 Å². The van der Waals surface area contributed by atoms with E-state index in [9.17, 15) is 30.8 Å². The Morgan fingerprint density at radius 3 is 2.30 bits per heavy atom. The predicted molar refractivity (Wildman–Crippen MR) is 112 cm³/mol. The molecular weight excluding hydrogens is 466 g/mol.